The maximum absolute atomic E-state index is 2.35. The molecule has 1 aliphatic carbocycles. The van der Waals surface area contributed by atoms with Crippen molar-refractivity contribution in [3.63, 3.8) is 0 Å². The molecule has 0 radical (unpaired) electrons. The van der Waals surface area contributed by atoms with E-state index in [1.165, 1.54) is 22.6 Å². The Kier molecular flexibility index (Phi) is 4.37. The van der Waals surface area contributed by atoms with E-state index in [9.17, 15) is 0 Å². The molecule has 0 fully saturated rings. The van der Waals surface area contributed by atoms with Crippen LogP contribution in [0.25, 0.3) is 5.57 Å². The number of rotatable bonds is 2. The normalized spacial score (nSPS) is 14.0. The summed E-state index contributed by atoms with van der Waals surface area (Å²) in [5.41, 5.74) is 4.18. The summed E-state index contributed by atoms with van der Waals surface area (Å²) in [6.07, 6.45) is 4.67. The molecule has 0 nitrogen and oxygen atoms in total. The van der Waals surface area contributed by atoms with Crippen molar-refractivity contribution in [2.75, 3.05) is 0 Å². The van der Waals surface area contributed by atoms with E-state index in [1.807, 2.05) is 0 Å². The Bertz CT molecular complexity index is 514. The van der Waals surface area contributed by atoms with Crippen LogP contribution in [0.2, 0.25) is 0 Å². The third kappa shape index (κ3) is 2.72. The molecule has 0 saturated carbocycles. The van der Waals surface area contributed by atoms with Gasteiger partial charge in [0.2, 0.25) is 0 Å². The van der Waals surface area contributed by atoms with Gasteiger partial charge < -0.3 is 0 Å². The second-order valence-corrected chi connectivity index (χ2v) is 4.43. The first kappa shape index (κ1) is 13.1. The predicted octanol–water partition coefficient (Wildman–Crippen LogP) is 1.49. The quantitative estimate of drug-likeness (QED) is 0.537. The van der Waals surface area contributed by atoms with E-state index >= 15 is 0 Å². The average Bonchev–Trinajstić information content (AvgIpc) is 2.90. The summed E-state index contributed by atoms with van der Waals surface area (Å²) in [6.45, 7) is 0. The van der Waals surface area contributed by atoms with Crippen molar-refractivity contribution < 1.29 is 18.9 Å². The van der Waals surface area contributed by atoms with Gasteiger partial charge in [-0.05, 0) is 0 Å². The summed E-state index contributed by atoms with van der Waals surface area (Å²) in [7, 11) is 0. The topological polar surface area (TPSA) is 0 Å². The van der Waals surface area contributed by atoms with Gasteiger partial charge in [-0.1, -0.05) is 54.8 Å². The Hall–Kier alpha value is -1.35. The molecule has 84 valence electrons. The predicted molar refractivity (Wildman–Crippen MR) is 72.4 cm³/mol. The summed E-state index contributed by atoms with van der Waals surface area (Å²) >= 11 is 0. The first-order valence-electron chi connectivity index (χ1n) is 6.11. The Labute approximate surface area is 121 Å². The van der Waals surface area contributed by atoms with Gasteiger partial charge >= 0.3 is 18.9 Å². The third-order valence-corrected chi connectivity index (χ3v) is 3.30. The minimum absolute atomic E-state index is 0. The van der Waals surface area contributed by atoms with Crippen molar-refractivity contribution in [3.05, 3.63) is 83.8 Å². The zero-order chi connectivity index (χ0) is 11.5. The maximum Gasteiger partial charge on any atom is 1.00 e. The Morgan fingerprint density at radius 2 is 1.39 bits per heavy atom. The second kappa shape index (κ2) is 6.00. The molecule has 0 saturated heterocycles. The molecule has 0 spiro atoms. The molecule has 1 heteroatoms. The number of hydrogen-bond acceptors (Lipinski definition) is 0. The van der Waals surface area contributed by atoms with Crippen molar-refractivity contribution in [2.24, 2.45) is 0 Å². The monoisotopic (exact) mass is 226 g/mol. The van der Waals surface area contributed by atoms with Crippen molar-refractivity contribution in [2.45, 2.75) is 12.8 Å². The molecule has 18 heavy (non-hydrogen) atoms. The van der Waals surface area contributed by atoms with E-state index in [-0.39, 0.29) is 18.9 Å². The summed E-state index contributed by atoms with van der Waals surface area (Å²) in [4.78, 5) is 0. The second-order valence-electron chi connectivity index (χ2n) is 4.43. The van der Waals surface area contributed by atoms with Gasteiger partial charge in [-0.2, -0.15) is 0 Å². The van der Waals surface area contributed by atoms with Crippen LogP contribution >= 0.6 is 0 Å². The van der Waals surface area contributed by atoms with Gasteiger partial charge in [0, 0.05) is 0 Å². The summed E-state index contributed by atoms with van der Waals surface area (Å²) < 4.78 is 0. The van der Waals surface area contributed by atoms with Crippen LogP contribution in [0.15, 0.2) is 66.7 Å². The minimum Gasteiger partial charge on any atom is -0.145 e. The molecule has 0 bridgehead atoms. The van der Waals surface area contributed by atoms with E-state index in [0.29, 0.717) is 0 Å². The van der Waals surface area contributed by atoms with E-state index in [4.69, 9.17) is 0 Å². The largest absolute Gasteiger partial charge is 1.00 e. The maximum atomic E-state index is 2.35. The van der Waals surface area contributed by atoms with E-state index < -0.39 is 0 Å². The van der Waals surface area contributed by atoms with Gasteiger partial charge in [0.15, 0.2) is 0 Å². The van der Waals surface area contributed by atoms with Gasteiger partial charge in [0.25, 0.3) is 0 Å². The molecule has 2 aromatic rings. The van der Waals surface area contributed by atoms with Crippen LogP contribution in [0, 0.1) is 5.92 Å². The molecule has 0 aromatic heterocycles. The van der Waals surface area contributed by atoms with Gasteiger partial charge in [-0.15, -0.1) is 47.4 Å². The number of allylic oxidation sites excluding steroid dienone is 2. The van der Waals surface area contributed by atoms with Crippen molar-refractivity contribution >= 4 is 5.57 Å². The van der Waals surface area contributed by atoms with E-state index in [1.54, 1.807) is 0 Å². The molecule has 0 amide bonds. The fraction of sp³-hybridized carbons (Fsp3) is 0.118. The smallest absolute Gasteiger partial charge is 0.145 e. The van der Waals surface area contributed by atoms with Crippen LogP contribution < -0.4 is 18.9 Å². The summed E-state index contributed by atoms with van der Waals surface area (Å²) in [6, 6.07) is 21.3. The van der Waals surface area contributed by atoms with E-state index in [2.05, 4.69) is 66.7 Å². The number of benzene rings is 2. The molecule has 0 heterocycles. The first-order valence-corrected chi connectivity index (χ1v) is 6.11. The van der Waals surface area contributed by atoms with Crippen LogP contribution in [-0.4, -0.2) is 0 Å². The minimum atomic E-state index is 0. The van der Waals surface area contributed by atoms with Crippen molar-refractivity contribution in [1.82, 2.24) is 0 Å². The SMILES string of the molecule is C1=C(c2ccccc2)CC[C-]1c1ccccc1.[Li+]. The standard InChI is InChI=1S/C17H15.Li/c1-3-7-14(8-4-1)16-11-12-17(13-16)15-9-5-2-6-10-15;/h1-10,13H,11-12H2;/q-1;+1. The Morgan fingerprint density at radius 1 is 0.778 bits per heavy atom. The molecular weight excluding hydrogens is 211 g/mol. The molecule has 2 aromatic carbocycles. The first-order chi connectivity index (χ1) is 8.43. The molecule has 0 unspecified atom stereocenters. The molecular formula is C17H15Li. The summed E-state index contributed by atoms with van der Waals surface area (Å²) in [5, 5.41) is 0. The van der Waals surface area contributed by atoms with Crippen molar-refractivity contribution in [3.8, 4) is 0 Å². The average molecular weight is 226 g/mol. The van der Waals surface area contributed by atoms with Crippen LogP contribution in [0.5, 0.6) is 0 Å². The van der Waals surface area contributed by atoms with Gasteiger partial charge in [-0.3, -0.25) is 0 Å². The number of hydrogen-bond donors (Lipinski definition) is 0. The fourth-order valence-electron chi connectivity index (χ4n) is 2.38. The van der Waals surface area contributed by atoms with Crippen molar-refractivity contribution in [1.29, 1.82) is 0 Å². The zero-order valence-electron chi connectivity index (χ0n) is 10.8. The molecule has 0 aliphatic heterocycles. The van der Waals surface area contributed by atoms with Crippen LogP contribution in [0.4, 0.5) is 0 Å². The summed E-state index contributed by atoms with van der Waals surface area (Å²) in [5.74, 6) is 1.46. The van der Waals surface area contributed by atoms with Crippen LogP contribution in [0.1, 0.15) is 24.0 Å². The van der Waals surface area contributed by atoms with Crippen LogP contribution in [-0.2, 0) is 0 Å². The fourth-order valence-corrected chi connectivity index (χ4v) is 2.38. The van der Waals surface area contributed by atoms with Gasteiger partial charge in [0.1, 0.15) is 0 Å². The third-order valence-electron chi connectivity index (χ3n) is 3.30. The van der Waals surface area contributed by atoms with Gasteiger partial charge in [0.05, 0.1) is 0 Å². The van der Waals surface area contributed by atoms with Gasteiger partial charge in [-0.25, -0.2) is 0 Å². The van der Waals surface area contributed by atoms with Crippen LogP contribution in [0.3, 0.4) is 0 Å². The molecule has 1 aliphatic rings. The van der Waals surface area contributed by atoms with E-state index in [0.717, 1.165) is 12.8 Å². The molecule has 0 N–H and O–H groups in total. The Balaban J connectivity index is 0.00000120. The molecule has 3 rings (SSSR count). The molecule has 0 atom stereocenters. The Morgan fingerprint density at radius 3 is 2.06 bits per heavy atom. The zero-order valence-corrected chi connectivity index (χ0v) is 10.8.